The molecular weight excluding hydrogens is 216 g/mol. The molecule has 0 bridgehead atoms. The molecule has 0 aliphatic heterocycles. The van der Waals surface area contributed by atoms with Crippen LogP contribution in [0.3, 0.4) is 0 Å². The Bertz CT molecular complexity index is 321. The van der Waals surface area contributed by atoms with Crippen LogP contribution in [0.4, 0.5) is 0 Å². The van der Waals surface area contributed by atoms with Gasteiger partial charge in [-0.1, -0.05) is 26.7 Å². The average molecular weight is 238 g/mol. The minimum Gasteiger partial charge on any atom is -0.309 e. The Labute approximate surface area is 102 Å². The van der Waals surface area contributed by atoms with Crippen molar-refractivity contribution < 1.29 is 0 Å². The molecular formula is C13H22N2S. The smallest absolute Gasteiger partial charge is 0.0925 e. The van der Waals surface area contributed by atoms with Crippen LogP contribution in [-0.2, 0) is 13.0 Å². The third kappa shape index (κ3) is 3.29. The largest absolute Gasteiger partial charge is 0.309 e. The number of nitrogens with one attached hydrogen (secondary N) is 1. The summed E-state index contributed by atoms with van der Waals surface area (Å²) in [4.78, 5) is 5.78. The van der Waals surface area contributed by atoms with Crippen LogP contribution < -0.4 is 5.32 Å². The molecule has 2 atom stereocenters. The molecule has 1 heterocycles. The van der Waals surface area contributed by atoms with Gasteiger partial charge in [0, 0.05) is 23.7 Å². The third-order valence-electron chi connectivity index (χ3n) is 3.41. The first-order valence-electron chi connectivity index (χ1n) is 6.45. The Morgan fingerprint density at radius 1 is 1.50 bits per heavy atom. The molecule has 3 heteroatoms. The van der Waals surface area contributed by atoms with Gasteiger partial charge < -0.3 is 5.32 Å². The first-order valence-corrected chi connectivity index (χ1v) is 7.26. The van der Waals surface area contributed by atoms with Gasteiger partial charge in [-0.25, -0.2) is 4.98 Å². The van der Waals surface area contributed by atoms with Crippen molar-refractivity contribution >= 4 is 11.3 Å². The quantitative estimate of drug-likeness (QED) is 0.870. The van der Waals surface area contributed by atoms with Crippen LogP contribution in [0.1, 0.15) is 49.4 Å². The molecule has 1 aliphatic rings. The van der Waals surface area contributed by atoms with Crippen molar-refractivity contribution in [2.45, 2.75) is 58.5 Å². The van der Waals surface area contributed by atoms with Crippen molar-refractivity contribution in [1.82, 2.24) is 10.3 Å². The number of aryl methyl sites for hydroxylation is 1. The summed E-state index contributed by atoms with van der Waals surface area (Å²) in [6, 6.07) is 0.732. The van der Waals surface area contributed by atoms with E-state index in [-0.39, 0.29) is 0 Å². The molecule has 0 aromatic carbocycles. The Morgan fingerprint density at radius 3 is 3.06 bits per heavy atom. The lowest BCUT2D eigenvalue weighted by atomic mass is 9.87. The van der Waals surface area contributed by atoms with E-state index in [4.69, 9.17) is 0 Å². The molecule has 2 unspecified atom stereocenters. The minimum atomic E-state index is 0.732. The van der Waals surface area contributed by atoms with E-state index < -0.39 is 0 Å². The normalized spacial score (nSPS) is 25.9. The van der Waals surface area contributed by atoms with Crippen molar-refractivity contribution in [2.24, 2.45) is 5.92 Å². The van der Waals surface area contributed by atoms with E-state index in [0.717, 1.165) is 24.9 Å². The molecule has 1 aliphatic carbocycles. The molecule has 1 aromatic heterocycles. The van der Waals surface area contributed by atoms with Crippen molar-refractivity contribution in [3.63, 3.8) is 0 Å². The number of hydrogen-bond acceptors (Lipinski definition) is 3. The average Bonchev–Trinajstić information content (AvgIpc) is 2.74. The van der Waals surface area contributed by atoms with Crippen LogP contribution in [0.15, 0.2) is 6.20 Å². The monoisotopic (exact) mass is 238 g/mol. The van der Waals surface area contributed by atoms with Gasteiger partial charge in [0.15, 0.2) is 0 Å². The molecule has 1 N–H and O–H groups in total. The van der Waals surface area contributed by atoms with E-state index in [1.165, 1.54) is 35.6 Å². The van der Waals surface area contributed by atoms with Gasteiger partial charge >= 0.3 is 0 Å². The Morgan fingerprint density at radius 2 is 2.38 bits per heavy atom. The van der Waals surface area contributed by atoms with Crippen molar-refractivity contribution in [2.75, 3.05) is 0 Å². The van der Waals surface area contributed by atoms with Gasteiger partial charge in [0.1, 0.15) is 0 Å². The van der Waals surface area contributed by atoms with Crippen molar-refractivity contribution in [1.29, 1.82) is 0 Å². The summed E-state index contributed by atoms with van der Waals surface area (Å²) in [5.74, 6) is 0.902. The predicted molar refractivity (Wildman–Crippen MR) is 69.8 cm³/mol. The topological polar surface area (TPSA) is 24.9 Å². The van der Waals surface area contributed by atoms with E-state index in [0.29, 0.717) is 0 Å². The standard InChI is InChI=1S/C13H22N2S/c1-3-13-15-9-12(16-13)8-14-11-6-4-5-10(2)7-11/h9-11,14H,3-8H2,1-2H3. The lowest BCUT2D eigenvalue weighted by Gasteiger charge is -2.27. The second kappa shape index (κ2) is 5.78. The van der Waals surface area contributed by atoms with Gasteiger partial charge in [0.2, 0.25) is 0 Å². The third-order valence-corrected chi connectivity index (χ3v) is 4.55. The molecule has 1 saturated carbocycles. The number of nitrogens with zero attached hydrogens (tertiary/aromatic N) is 1. The molecule has 0 saturated heterocycles. The predicted octanol–water partition coefficient (Wildman–Crippen LogP) is 3.37. The molecule has 1 fully saturated rings. The Balaban J connectivity index is 1.78. The highest BCUT2D eigenvalue weighted by atomic mass is 32.1. The fourth-order valence-electron chi connectivity index (χ4n) is 2.46. The SMILES string of the molecule is CCc1ncc(CNC2CCCC(C)C2)s1. The van der Waals surface area contributed by atoms with Gasteiger partial charge in [0.05, 0.1) is 5.01 Å². The van der Waals surface area contributed by atoms with Gasteiger partial charge in [-0.05, 0) is 25.2 Å². The van der Waals surface area contributed by atoms with E-state index in [2.05, 4.69) is 24.1 Å². The first kappa shape index (κ1) is 12.1. The summed E-state index contributed by atoms with van der Waals surface area (Å²) in [6.07, 6.45) is 8.59. The van der Waals surface area contributed by atoms with Gasteiger partial charge in [0.25, 0.3) is 0 Å². The Hall–Kier alpha value is -0.410. The summed E-state index contributed by atoms with van der Waals surface area (Å²) >= 11 is 1.85. The van der Waals surface area contributed by atoms with Crippen LogP contribution in [-0.4, -0.2) is 11.0 Å². The van der Waals surface area contributed by atoms with Crippen LogP contribution in [0.25, 0.3) is 0 Å². The zero-order chi connectivity index (χ0) is 11.4. The molecule has 0 amide bonds. The molecule has 0 spiro atoms. The Kier molecular flexibility index (Phi) is 4.36. The maximum Gasteiger partial charge on any atom is 0.0925 e. The minimum absolute atomic E-state index is 0.732. The van der Waals surface area contributed by atoms with Crippen LogP contribution >= 0.6 is 11.3 Å². The maximum absolute atomic E-state index is 4.39. The van der Waals surface area contributed by atoms with Gasteiger partial charge in [-0.2, -0.15) is 0 Å². The number of aromatic nitrogens is 1. The van der Waals surface area contributed by atoms with Crippen LogP contribution in [0.5, 0.6) is 0 Å². The van der Waals surface area contributed by atoms with E-state index in [1.54, 1.807) is 0 Å². The van der Waals surface area contributed by atoms with Gasteiger partial charge in [-0.15, -0.1) is 11.3 Å². The molecule has 90 valence electrons. The van der Waals surface area contributed by atoms with E-state index in [9.17, 15) is 0 Å². The fourth-order valence-corrected chi connectivity index (χ4v) is 3.27. The summed E-state index contributed by atoms with van der Waals surface area (Å²) in [7, 11) is 0. The van der Waals surface area contributed by atoms with E-state index in [1.807, 2.05) is 17.5 Å². The summed E-state index contributed by atoms with van der Waals surface area (Å²) in [5.41, 5.74) is 0. The highest BCUT2D eigenvalue weighted by molar-refractivity contribution is 7.11. The summed E-state index contributed by atoms with van der Waals surface area (Å²) < 4.78 is 0. The van der Waals surface area contributed by atoms with Crippen molar-refractivity contribution in [3.8, 4) is 0 Å². The highest BCUT2D eigenvalue weighted by Crippen LogP contribution is 2.24. The van der Waals surface area contributed by atoms with E-state index >= 15 is 0 Å². The number of rotatable bonds is 4. The molecule has 2 nitrogen and oxygen atoms in total. The second-order valence-corrected chi connectivity index (χ2v) is 6.12. The lowest BCUT2D eigenvalue weighted by molar-refractivity contribution is 0.301. The lowest BCUT2D eigenvalue weighted by Crippen LogP contribution is -2.32. The van der Waals surface area contributed by atoms with Gasteiger partial charge in [-0.3, -0.25) is 0 Å². The zero-order valence-corrected chi connectivity index (χ0v) is 11.1. The summed E-state index contributed by atoms with van der Waals surface area (Å²) in [6.45, 7) is 5.55. The highest BCUT2D eigenvalue weighted by Gasteiger charge is 2.18. The first-order chi connectivity index (χ1) is 7.78. The molecule has 0 radical (unpaired) electrons. The van der Waals surface area contributed by atoms with Crippen molar-refractivity contribution in [3.05, 3.63) is 16.1 Å². The summed E-state index contributed by atoms with van der Waals surface area (Å²) in [5, 5.41) is 4.93. The number of hydrogen-bond donors (Lipinski definition) is 1. The zero-order valence-electron chi connectivity index (χ0n) is 10.3. The fraction of sp³-hybridized carbons (Fsp3) is 0.769. The molecule has 2 rings (SSSR count). The molecule has 1 aromatic rings. The van der Waals surface area contributed by atoms with Crippen LogP contribution in [0.2, 0.25) is 0 Å². The van der Waals surface area contributed by atoms with Crippen LogP contribution in [0, 0.1) is 5.92 Å². The molecule has 16 heavy (non-hydrogen) atoms. The number of thiazole rings is 1. The maximum atomic E-state index is 4.39. The second-order valence-electron chi connectivity index (χ2n) is 4.92.